The van der Waals surface area contributed by atoms with Crippen molar-refractivity contribution in [3.8, 4) is 0 Å². The Hall–Kier alpha value is -2.42. The molecule has 1 aromatic rings. The van der Waals surface area contributed by atoms with Crippen molar-refractivity contribution in [2.75, 3.05) is 19.0 Å². The average molecular weight is 323 g/mol. The van der Waals surface area contributed by atoms with Crippen LogP contribution in [0.1, 0.15) is 32.3 Å². The van der Waals surface area contributed by atoms with Crippen LogP contribution in [0.5, 0.6) is 0 Å². The zero-order valence-electron chi connectivity index (χ0n) is 14.9. The van der Waals surface area contributed by atoms with Crippen LogP contribution in [0.15, 0.2) is 54.1 Å². The third kappa shape index (κ3) is 4.79. The molecule has 0 amide bonds. The molecule has 0 aliphatic heterocycles. The number of allylic oxidation sites excluding steroid dienone is 5. The Morgan fingerprint density at radius 1 is 0.917 bits per heavy atom. The Morgan fingerprint density at radius 2 is 1.50 bits per heavy atom. The van der Waals surface area contributed by atoms with E-state index in [2.05, 4.69) is 29.2 Å². The van der Waals surface area contributed by atoms with E-state index in [-0.39, 0.29) is 17.0 Å². The van der Waals surface area contributed by atoms with Crippen LogP contribution in [0.25, 0.3) is 6.08 Å². The molecule has 24 heavy (non-hydrogen) atoms. The summed E-state index contributed by atoms with van der Waals surface area (Å²) >= 11 is 0. The molecule has 3 heteroatoms. The van der Waals surface area contributed by atoms with Gasteiger partial charge in [0.25, 0.3) is 0 Å². The van der Waals surface area contributed by atoms with E-state index in [9.17, 15) is 9.59 Å². The quantitative estimate of drug-likeness (QED) is 0.473. The van der Waals surface area contributed by atoms with Gasteiger partial charge >= 0.3 is 0 Å². The molecular formula is C21H25NO2. The van der Waals surface area contributed by atoms with Crippen LogP contribution in [-0.2, 0) is 9.59 Å². The Balaban J connectivity index is 1.98. The summed E-state index contributed by atoms with van der Waals surface area (Å²) in [4.78, 5) is 26.1. The lowest BCUT2D eigenvalue weighted by atomic mass is 9.74. The van der Waals surface area contributed by atoms with E-state index in [1.807, 2.05) is 46.2 Å². The van der Waals surface area contributed by atoms with Crippen molar-refractivity contribution in [3.63, 3.8) is 0 Å². The fraction of sp³-hybridized carbons (Fsp3) is 0.333. The van der Waals surface area contributed by atoms with Crippen molar-refractivity contribution in [3.05, 3.63) is 59.7 Å². The number of anilines is 1. The molecule has 0 radical (unpaired) electrons. The molecule has 0 aromatic heterocycles. The summed E-state index contributed by atoms with van der Waals surface area (Å²) < 4.78 is 0. The number of rotatable bonds is 4. The molecule has 1 aromatic carbocycles. The Bertz CT molecular complexity index is 682. The van der Waals surface area contributed by atoms with Gasteiger partial charge in [0.2, 0.25) is 0 Å². The first-order valence-corrected chi connectivity index (χ1v) is 8.17. The second-order valence-corrected chi connectivity index (χ2v) is 7.17. The highest BCUT2D eigenvalue weighted by Gasteiger charge is 2.34. The number of nitrogens with zero attached hydrogens (tertiary/aromatic N) is 1. The number of ketones is 2. The zero-order chi connectivity index (χ0) is 17.7. The largest absolute Gasteiger partial charge is 0.378 e. The van der Waals surface area contributed by atoms with Crippen molar-refractivity contribution >= 4 is 23.3 Å². The van der Waals surface area contributed by atoms with Gasteiger partial charge in [0.15, 0.2) is 11.6 Å². The summed E-state index contributed by atoms with van der Waals surface area (Å²) in [6.45, 7) is 3.92. The number of hydrogen-bond donors (Lipinski definition) is 0. The van der Waals surface area contributed by atoms with E-state index in [1.165, 1.54) is 0 Å². The SMILES string of the molecule is CN(C)c1ccc(/C=C/C=C/C=C2C(=O)CC(C)(C)CC2=O)cc1. The van der Waals surface area contributed by atoms with E-state index in [4.69, 9.17) is 0 Å². The maximum absolute atomic E-state index is 12.0. The predicted molar refractivity (Wildman–Crippen MR) is 100 cm³/mol. The van der Waals surface area contributed by atoms with E-state index < -0.39 is 0 Å². The standard InChI is InChI=1S/C21H25NO2/c1-21(2)14-19(23)18(20(24)15-21)9-7-5-6-8-16-10-12-17(13-11-16)22(3)4/h5-13H,14-15H2,1-4H3/b7-5+,8-6+. The summed E-state index contributed by atoms with van der Waals surface area (Å²) in [5, 5.41) is 0. The molecule has 0 N–H and O–H groups in total. The van der Waals surface area contributed by atoms with E-state index in [0.29, 0.717) is 18.4 Å². The van der Waals surface area contributed by atoms with Gasteiger partial charge in [-0.15, -0.1) is 0 Å². The molecule has 2 rings (SSSR count). The minimum absolute atomic E-state index is 0.0517. The van der Waals surface area contributed by atoms with Crippen molar-refractivity contribution in [2.45, 2.75) is 26.7 Å². The van der Waals surface area contributed by atoms with Crippen LogP contribution in [-0.4, -0.2) is 25.7 Å². The molecule has 0 bridgehead atoms. The molecular weight excluding hydrogens is 298 g/mol. The van der Waals surface area contributed by atoms with Crippen LogP contribution in [0, 0.1) is 5.41 Å². The third-order valence-electron chi connectivity index (χ3n) is 4.06. The second kappa shape index (κ2) is 7.43. The van der Waals surface area contributed by atoms with Crippen LogP contribution in [0.4, 0.5) is 5.69 Å². The van der Waals surface area contributed by atoms with E-state index in [1.54, 1.807) is 12.2 Å². The highest BCUT2D eigenvalue weighted by Crippen LogP contribution is 2.33. The molecule has 0 atom stereocenters. The fourth-order valence-corrected chi connectivity index (χ4v) is 2.73. The normalized spacial score (nSPS) is 17.8. The van der Waals surface area contributed by atoms with E-state index in [0.717, 1.165) is 11.3 Å². The van der Waals surface area contributed by atoms with Gasteiger partial charge in [0.05, 0.1) is 5.57 Å². The summed E-state index contributed by atoms with van der Waals surface area (Å²) in [6.07, 6.45) is 10.0. The first-order valence-electron chi connectivity index (χ1n) is 8.17. The highest BCUT2D eigenvalue weighted by molar-refractivity contribution is 6.22. The number of carbonyl (C=O) groups excluding carboxylic acids is 2. The molecule has 1 fully saturated rings. The van der Waals surface area contributed by atoms with Gasteiger partial charge < -0.3 is 4.90 Å². The summed E-state index contributed by atoms with van der Waals surface area (Å²) in [5.41, 5.74) is 2.37. The number of benzene rings is 1. The maximum Gasteiger partial charge on any atom is 0.166 e. The van der Waals surface area contributed by atoms with Crippen LogP contribution < -0.4 is 4.90 Å². The van der Waals surface area contributed by atoms with Gasteiger partial charge in [-0.2, -0.15) is 0 Å². The van der Waals surface area contributed by atoms with Crippen LogP contribution in [0.2, 0.25) is 0 Å². The fourth-order valence-electron chi connectivity index (χ4n) is 2.73. The van der Waals surface area contributed by atoms with Gasteiger partial charge in [-0.3, -0.25) is 9.59 Å². The van der Waals surface area contributed by atoms with Gasteiger partial charge in [-0.05, 0) is 29.2 Å². The van der Waals surface area contributed by atoms with Crippen LogP contribution in [0.3, 0.4) is 0 Å². The van der Waals surface area contributed by atoms with Crippen molar-refractivity contribution in [1.82, 2.24) is 0 Å². The average Bonchev–Trinajstić information content (AvgIpc) is 2.48. The topological polar surface area (TPSA) is 37.4 Å². The minimum Gasteiger partial charge on any atom is -0.378 e. The van der Waals surface area contributed by atoms with Gasteiger partial charge in [0, 0.05) is 32.6 Å². The molecule has 126 valence electrons. The summed E-state index contributed by atoms with van der Waals surface area (Å²) in [7, 11) is 4.02. The number of carbonyl (C=O) groups is 2. The lowest BCUT2D eigenvalue weighted by Gasteiger charge is -2.28. The molecule has 0 saturated heterocycles. The molecule has 3 nitrogen and oxygen atoms in total. The zero-order valence-corrected chi connectivity index (χ0v) is 14.9. The summed E-state index contributed by atoms with van der Waals surface area (Å²) in [6, 6.07) is 8.22. The molecule has 0 unspecified atom stereocenters. The van der Waals surface area contributed by atoms with Crippen molar-refractivity contribution in [2.24, 2.45) is 5.41 Å². The molecule has 0 spiro atoms. The first-order chi connectivity index (χ1) is 11.3. The first kappa shape index (κ1) is 17.9. The Labute approximate surface area is 144 Å². The second-order valence-electron chi connectivity index (χ2n) is 7.17. The van der Waals surface area contributed by atoms with Gasteiger partial charge in [-0.1, -0.05) is 50.3 Å². The molecule has 1 aliphatic rings. The predicted octanol–water partition coefficient (Wildman–Crippen LogP) is 4.21. The van der Waals surface area contributed by atoms with Crippen LogP contribution >= 0.6 is 0 Å². The van der Waals surface area contributed by atoms with Gasteiger partial charge in [-0.25, -0.2) is 0 Å². The lowest BCUT2D eigenvalue weighted by molar-refractivity contribution is -0.127. The Kier molecular flexibility index (Phi) is 5.55. The third-order valence-corrected chi connectivity index (χ3v) is 4.06. The maximum atomic E-state index is 12.0. The monoisotopic (exact) mass is 323 g/mol. The molecule has 1 saturated carbocycles. The smallest absolute Gasteiger partial charge is 0.166 e. The molecule has 1 aliphatic carbocycles. The summed E-state index contributed by atoms with van der Waals surface area (Å²) in [5.74, 6) is -0.103. The lowest BCUT2D eigenvalue weighted by Crippen LogP contribution is -2.31. The molecule has 0 heterocycles. The minimum atomic E-state index is -0.214. The number of hydrogen-bond acceptors (Lipinski definition) is 3. The highest BCUT2D eigenvalue weighted by atomic mass is 16.1. The van der Waals surface area contributed by atoms with Crippen molar-refractivity contribution < 1.29 is 9.59 Å². The van der Waals surface area contributed by atoms with Gasteiger partial charge in [0.1, 0.15) is 0 Å². The Morgan fingerprint density at radius 3 is 2.04 bits per heavy atom. The number of Topliss-reactive ketones (excluding diaryl/α,β-unsaturated/α-hetero) is 2. The van der Waals surface area contributed by atoms with Crippen molar-refractivity contribution in [1.29, 1.82) is 0 Å². The van der Waals surface area contributed by atoms with E-state index >= 15 is 0 Å².